The normalized spacial score (nSPS) is 17.0. The molecule has 0 spiro atoms. The van der Waals surface area contributed by atoms with E-state index in [0.29, 0.717) is 43.2 Å². The van der Waals surface area contributed by atoms with Crippen LogP contribution in [-0.2, 0) is 10.0 Å². The molecule has 0 amide bonds. The van der Waals surface area contributed by atoms with Gasteiger partial charge in [0.1, 0.15) is 5.82 Å². The van der Waals surface area contributed by atoms with Crippen molar-refractivity contribution in [3.05, 3.63) is 76.7 Å². The second-order valence-corrected chi connectivity index (χ2v) is 10.1. The summed E-state index contributed by atoms with van der Waals surface area (Å²) in [4.78, 5) is 4.75. The van der Waals surface area contributed by atoms with Crippen LogP contribution in [0, 0.1) is 19.7 Å². The summed E-state index contributed by atoms with van der Waals surface area (Å²) in [5, 5.41) is 4.19. The van der Waals surface area contributed by atoms with Crippen molar-refractivity contribution >= 4 is 10.0 Å². The van der Waals surface area contributed by atoms with Crippen LogP contribution in [0.4, 0.5) is 4.39 Å². The summed E-state index contributed by atoms with van der Waals surface area (Å²) in [5.41, 5.74) is 2.65. The van der Waals surface area contributed by atoms with E-state index in [2.05, 4.69) is 36.1 Å². The summed E-state index contributed by atoms with van der Waals surface area (Å²) >= 11 is 0. The van der Waals surface area contributed by atoms with Crippen LogP contribution in [0.1, 0.15) is 60.0 Å². The van der Waals surface area contributed by atoms with Gasteiger partial charge < -0.3 is 4.52 Å². The van der Waals surface area contributed by atoms with Gasteiger partial charge in [-0.15, -0.1) is 0 Å². The summed E-state index contributed by atoms with van der Waals surface area (Å²) in [7, 11) is -3.66. The second-order valence-electron chi connectivity index (χ2n) is 8.16. The first-order valence-corrected chi connectivity index (χ1v) is 11.9. The first kappa shape index (κ1) is 21.6. The van der Waals surface area contributed by atoms with Crippen molar-refractivity contribution in [2.75, 3.05) is 13.1 Å². The van der Waals surface area contributed by atoms with Gasteiger partial charge in [0.25, 0.3) is 0 Å². The third kappa shape index (κ3) is 4.27. The minimum atomic E-state index is -3.66. The van der Waals surface area contributed by atoms with Crippen LogP contribution in [0.25, 0.3) is 0 Å². The van der Waals surface area contributed by atoms with Crippen molar-refractivity contribution in [2.45, 2.75) is 50.3 Å². The Morgan fingerprint density at radius 2 is 1.81 bits per heavy atom. The Bertz CT molecular complexity index is 1180. The SMILES string of the molecule is Cc1cc(S(=O)(=O)N2CCC(c3nc([C@@H](C)c4ccccc4C)no3)CC2)ccc1F. The molecule has 0 N–H and O–H groups in total. The molecule has 1 fully saturated rings. The van der Waals surface area contributed by atoms with Crippen molar-refractivity contribution in [1.29, 1.82) is 0 Å². The van der Waals surface area contributed by atoms with Crippen LogP contribution in [0.15, 0.2) is 51.9 Å². The predicted octanol–water partition coefficient (Wildman–Crippen LogP) is 4.55. The molecule has 1 aromatic heterocycles. The van der Waals surface area contributed by atoms with Crippen LogP contribution in [0.3, 0.4) is 0 Å². The lowest BCUT2D eigenvalue weighted by molar-refractivity contribution is 0.270. The van der Waals surface area contributed by atoms with E-state index in [1.807, 2.05) is 12.1 Å². The highest BCUT2D eigenvalue weighted by atomic mass is 32.2. The molecule has 6 nitrogen and oxygen atoms in total. The van der Waals surface area contributed by atoms with E-state index in [4.69, 9.17) is 4.52 Å². The third-order valence-electron chi connectivity index (χ3n) is 6.07. The average Bonchev–Trinajstić information content (AvgIpc) is 3.26. The summed E-state index contributed by atoms with van der Waals surface area (Å²) in [6.07, 6.45) is 1.19. The highest BCUT2D eigenvalue weighted by Gasteiger charge is 2.32. The summed E-state index contributed by atoms with van der Waals surface area (Å²) in [5.74, 6) is 0.823. The summed E-state index contributed by atoms with van der Waals surface area (Å²) in [6.45, 7) is 6.39. The molecule has 2 heterocycles. The quantitative estimate of drug-likeness (QED) is 0.578. The molecule has 1 aliphatic rings. The number of benzene rings is 2. The molecule has 0 bridgehead atoms. The fraction of sp³-hybridized carbons (Fsp3) is 0.391. The number of piperidine rings is 1. The zero-order valence-corrected chi connectivity index (χ0v) is 18.7. The van der Waals surface area contributed by atoms with Gasteiger partial charge in [-0.05, 0) is 61.6 Å². The molecule has 4 rings (SSSR count). The average molecular weight is 444 g/mol. The number of rotatable bonds is 5. The van der Waals surface area contributed by atoms with Crippen LogP contribution < -0.4 is 0 Å². The first-order valence-electron chi connectivity index (χ1n) is 10.4. The molecule has 0 unspecified atom stereocenters. The summed E-state index contributed by atoms with van der Waals surface area (Å²) in [6, 6.07) is 12.0. The Balaban J connectivity index is 1.45. The van der Waals surface area contributed by atoms with Crippen molar-refractivity contribution < 1.29 is 17.3 Å². The van der Waals surface area contributed by atoms with E-state index < -0.39 is 15.8 Å². The van der Waals surface area contributed by atoms with Gasteiger partial charge in [-0.1, -0.05) is 36.3 Å². The van der Waals surface area contributed by atoms with E-state index in [1.54, 1.807) is 6.92 Å². The minimum Gasteiger partial charge on any atom is -0.339 e. The Labute approximate surface area is 182 Å². The predicted molar refractivity (Wildman–Crippen MR) is 115 cm³/mol. The number of aromatic nitrogens is 2. The number of halogens is 1. The molecular formula is C23H26FN3O3S. The zero-order chi connectivity index (χ0) is 22.2. The van der Waals surface area contributed by atoms with Crippen LogP contribution in [0.2, 0.25) is 0 Å². The number of hydrogen-bond donors (Lipinski definition) is 0. The van der Waals surface area contributed by atoms with E-state index in [9.17, 15) is 12.8 Å². The van der Waals surface area contributed by atoms with E-state index in [-0.39, 0.29) is 16.7 Å². The van der Waals surface area contributed by atoms with Crippen LogP contribution in [0.5, 0.6) is 0 Å². The maximum atomic E-state index is 13.5. The van der Waals surface area contributed by atoms with Gasteiger partial charge >= 0.3 is 0 Å². The molecule has 1 atom stereocenters. The Morgan fingerprint density at radius 1 is 1.10 bits per heavy atom. The van der Waals surface area contributed by atoms with Crippen LogP contribution >= 0.6 is 0 Å². The molecule has 0 radical (unpaired) electrons. The number of aryl methyl sites for hydroxylation is 2. The smallest absolute Gasteiger partial charge is 0.243 e. The Kier molecular flexibility index (Phi) is 5.94. The van der Waals surface area contributed by atoms with Gasteiger partial charge in [0.2, 0.25) is 15.9 Å². The fourth-order valence-electron chi connectivity index (χ4n) is 4.07. The lowest BCUT2D eigenvalue weighted by Crippen LogP contribution is -2.38. The Hall–Kier alpha value is -2.58. The molecule has 1 saturated heterocycles. The number of hydrogen-bond acceptors (Lipinski definition) is 5. The molecule has 31 heavy (non-hydrogen) atoms. The van der Waals surface area contributed by atoms with Gasteiger partial charge in [-0.3, -0.25) is 0 Å². The molecule has 2 aromatic carbocycles. The van der Waals surface area contributed by atoms with Crippen molar-refractivity contribution in [2.24, 2.45) is 0 Å². The van der Waals surface area contributed by atoms with Gasteiger partial charge in [0.05, 0.1) is 4.90 Å². The topological polar surface area (TPSA) is 76.3 Å². The van der Waals surface area contributed by atoms with Crippen molar-refractivity contribution in [3.63, 3.8) is 0 Å². The van der Waals surface area contributed by atoms with E-state index in [0.717, 1.165) is 5.56 Å². The molecule has 0 saturated carbocycles. The van der Waals surface area contributed by atoms with Gasteiger partial charge in [-0.2, -0.15) is 9.29 Å². The molecule has 1 aliphatic heterocycles. The number of nitrogens with zero attached hydrogens (tertiary/aromatic N) is 3. The maximum absolute atomic E-state index is 13.5. The Morgan fingerprint density at radius 3 is 2.48 bits per heavy atom. The second kappa shape index (κ2) is 8.51. The standard InChI is InChI=1S/C23H26FN3O3S/c1-15-6-4-5-7-20(15)17(3)22-25-23(30-26-22)18-10-12-27(13-11-18)31(28,29)19-8-9-21(24)16(2)14-19/h4-9,14,17-18H,10-13H2,1-3H3/t17-/m0/s1. The molecule has 0 aliphatic carbocycles. The fourth-order valence-corrected chi connectivity index (χ4v) is 5.63. The highest BCUT2D eigenvalue weighted by Crippen LogP contribution is 2.32. The van der Waals surface area contributed by atoms with Gasteiger partial charge in [0.15, 0.2) is 5.82 Å². The zero-order valence-electron chi connectivity index (χ0n) is 17.9. The number of sulfonamides is 1. The minimum absolute atomic E-state index is 0.0147. The molecule has 3 aromatic rings. The highest BCUT2D eigenvalue weighted by molar-refractivity contribution is 7.89. The largest absolute Gasteiger partial charge is 0.339 e. The monoisotopic (exact) mass is 443 g/mol. The molecule has 164 valence electrons. The van der Waals surface area contributed by atoms with Crippen molar-refractivity contribution in [1.82, 2.24) is 14.4 Å². The van der Waals surface area contributed by atoms with Gasteiger partial charge in [-0.25, -0.2) is 12.8 Å². The van der Waals surface area contributed by atoms with Crippen LogP contribution in [-0.4, -0.2) is 36.0 Å². The third-order valence-corrected chi connectivity index (χ3v) is 7.96. The molecular weight excluding hydrogens is 417 g/mol. The van der Waals surface area contributed by atoms with Crippen molar-refractivity contribution in [3.8, 4) is 0 Å². The summed E-state index contributed by atoms with van der Waals surface area (Å²) < 4.78 is 46.4. The maximum Gasteiger partial charge on any atom is 0.243 e. The lowest BCUT2D eigenvalue weighted by atomic mass is 9.95. The van der Waals surface area contributed by atoms with E-state index in [1.165, 1.54) is 28.1 Å². The van der Waals surface area contributed by atoms with E-state index >= 15 is 0 Å². The molecule has 8 heteroatoms. The van der Waals surface area contributed by atoms with Gasteiger partial charge in [0, 0.05) is 24.9 Å². The lowest BCUT2D eigenvalue weighted by Gasteiger charge is -2.29. The first-order chi connectivity index (χ1) is 14.8.